The number of esters is 1. The lowest BCUT2D eigenvalue weighted by Crippen LogP contribution is -2.36. The number of ketones is 1. The van der Waals surface area contributed by atoms with E-state index in [1.54, 1.807) is 6.92 Å². The maximum absolute atomic E-state index is 13.9. The Morgan fingerprint density at radius 3 is 2.48 bits per heavy atom. The summed E-state index contributed by atoms with van der Waals surface area (Å²) >= 11 is 0. The van der Waals surface area contributed by atoms with E-state index in [1.807, 2.05) is 0 Å². The fourth-order valence-corrected chi connectivity index (χ4v) is 4.97. The number of rotatable bonds is 3. The summed E-state index contributed by atoms with van der Waals surface area (Å²) in [5.74, 6) is -1.94. The maximum Gasteiger partial charge on any atom is 0.416 e. The molecule has 1 aromatic carbocycles. The molecule has 0 amide bonds. The number of halogens is 3. The Bertz CT molecular complexity index is 955. The largest absolute Gasteiger partial charge is 0.459 e. The molecule has 0 saturated heterocycles. The Morgan fingerprint density at radius 2 is 1.77 bits per heavy atom. The Kier molecular flexibility index (Phi) is 5.95. The number of carbonyl (C=O) groups excluding carboxylic acids is 2. The monoisotopic (exact) mass is 433 g/mol. The van der Waals surface area contributed by atoms with E-state index in [-0.39, 0.29) is 35.0 Å². The smallest absolute Gasteiger partial charge is 0.416 e. The molecule has 7 heteroatoms. The molecule has 31 heavy (non-hydrogen) atoms. The molecule has 0 radical (unpaired) electrons. The van der Waals surface area contributed by atoms with Crippen molar-refractivity contribution in [1.29, 1.82) is 0 Å². The summed E-state index contributed by atoms with van der Waals surface area (Å²) < 4.78 is 47.4. The van der Waals surface area contributed by atoms with Gasteiger partial charge < -0.3 is 10.1 Å². The summed E-state index contributed by atoms with van der Waals surface area (Å²) in [6.07, 6.45) is 1.12. The topological polar surface area (TPSA) is 55.4 Å². The van der Waals surface area contributed by atoms with Crippen molar-refractivity contribution in [3.8, 4) is 0 Å². The number of carbonyl (C=O) groups is 2. The van der Waals surface area contributed by atoms with Crippen LogP contribution in [0.3, 0.4) is 0 Å². The molecule has 1 aromatic rings. The van der Waals surface area contributed by atoms with Gasteiger partial charge in [-0.05, 0) is 57.1 Å². The SMILES string of the molecule is CC1=C(C(=O)OC2CCCCC2)C(c2ccccc2C(F)(F)F)C2=C(CCCC2=O)N1. The Morgan fingerprint density at radius 1 is 1.06 bits per heavy atom. The van der Waals surface area contributed by atoms with E-state index in [9.17, 15) is 22.8 Å². The zero-order valence-electron chi connectivity index (χ0n) is 17.5. The van der Waals surface area contributed by atoms with Gasteiger partial charge in [-0.15, -0.1) is 0 Å². The summed E-state index contributed by atoms with van der Waals surface area (Å²) in [5, 5.41) is 3.13. The predicted molar refractivity (Wildman–Crippen MR) is 109 cm³/mol. The molecule has 0 bridgehead atoms. The molecular formula is C24H26F3NO3. The third kappa shape index (κ3) is 4.27. The quantitative estimate of drug-likeness (QED) is 0.635. The van der Waals surface area contributed by atoms with Crippen LogP contribution in [-0.2, 0) is 20.5 Å². The Hall–Kier alpha value is -2.57. The Balaban J connectivity index is 1.82. The van der Waals surface area contributed by atoms with Crippen molar-refractivity contribution < 1.29 is 27.5 Å². The van der Waals surface area contributed by atoms with Gasteiger partial charge in [0.25, 0.3) is 0 Å². The van der Waals surface area contributed by atoms with Crippen molar-refractivity contribution in [2.24, 2.45) is 0 Å². The van der Waals surface area contributed by atoms with Gasteiger partial charge in [0, 0.05) is 29.3 Å². The van der Waals surface area contributed by atoms with Crippen LogP contribution in [0.4, 0.5) is 13.2 Å². The number of ether oxygens (including phenoxy) is 1. The van der Waals surface area contributed by atoms with Crippen LogP contribution >= 0.6 is 0 Å². The third-order valence-electron chi connectivity index (χ3n) is 6.40. The molecule has 3 aliphatic rings. The average Bonchev–Trinajstić information content (AvgIpc) is 2.73. The van der Waals surface area contributed by atoms with Gasteiger partial charge in [-0.2, -0.15) is 13.2 Å². The van der Waals surface area contributed by atoms with Crippen LogP contribution in [-0.4, -0.2) is 17.9 Å². The minimum Gasteiger partial charge on any atom is -0.459 e. The van der Waals surface area contributed by atoms with Crippen LogP contribution < -0.4 is 5.32 Å². The predicted octanol–water partition coefficient (Wildman–Crippen LogP) is 5.55. The molecule has 1 atom stereocenters. The van der Waals surface area contributed by atoms with Gasteiger partial charge in [-0.3, -0.25) is 4.79 Å². The number of nitrogens with one attached hydrogen (secondary N) is 1. The highest BCUT2D eigenvalue weighted by molar-refractivity contribution is 6.03. The van der Waals surface area contributed by atoms with Gasteiger partial charge in [0.2, 0.25) is 0 Å². The lowest BCUT2D eigenvalue weighted by atomic mass is 9.74. The third-order valence-corrected chi connectivity index (χ3v) is 6.40. The Labute approximate surface area is 179 Å². The van der Waals surface area contributed by atoms with E-state index in [1.165, 1.54) is 18.2 Å². The van der Waals surface area contributed by atoms with E-state index in [0.717, 1.165) is 38.2 Å². The van der Waals surface area contributed by atoms with E-state index < -0.39 is 23.6 Å². The molecule has 1 aliphatic heterocycles. The number of hydrogen-bond donors (Lipinski definition) is 1. The zero-order chi connectivity index (χ0) is 22.2. The van der Waals surface area contributed by atoms with Crippen LogP contribution in [0.15, 0.2) is 46.8 Å². The second-order valence-corrected chi connectivity index (χ2v) is 8.52. The van der Waals surface area contributed by atoms with Gasteiger partial charge >= 0.3 is 12.1 Å². The molecule has 4 rings (SSSR count). The van der Waals surface area contributed by atoms with Crippen LogP contribution in [0.2, 0.25) is 0 Å². The average molecular weight is 433 g/mol. The van der Waals surface area contributed by atoms with Gasteiger partial charge in [0.1, 0.15) is 6.10 Å². The van der Waals surface area contributed by atoms with E-state index >= 15 is 0 Å². The molecule has 1 N–H and O–H groups in total. The highest BCUT2D eigenvalue weighted by Crippen LogP contribution is 2.46. The summed E-state index contributed by atoms with van der Waals surface area (Å²) in [4.78, 5) is 26.2. The number of dihydropyridines is 1. The van der Waals surface area contributed by atoms with Crippen molar-refractivity contribution in [3.05, 3.63) is 57.9 Å². The molecule has 0 spiro atoms. The number of alkyl halides is 3. The first kappa shape index (κ1) is 21.7. The van der Waals surface area contributed by atoms with Crippen LogP contribution in [0, 0.1) is 0 Å². The number of hydrogen-bond acceptors (Lipinski definition) is 4. The first-order chi connectivity index (χ1) is 14.8. The first-order valence-electron chi connectivity index (χ1n) is 10.9. The fraction of sp³-hybridized carbons (Fsp3) is 0.500. The standard InChI is InChI=1S/C24H26F3NO3/c1-14-20(23(30)31-15-8-3-2-4-9-15)21(22-18(28-14)12-7-13-19(22)29)16-10-5-6-11-17(16)24(25,26)27/h5-6,10-11,15,21,28H,2-4,7-9,12-13H2,1H3. The summed E-state index contributed by atoms with van der Waals surface area (Å²) in [5.41, 5.74) is 0.540. The lowest BCUT2D eigenvalue weighted by molar-refractivity contribution is -0.146. The second kappa shape index (κ2) is 8.52. The summed E-state index contributed by atoms with van der Waals surface area (Å²) in [6.45, 7) is 1.67. The first-order valence-corrected chi connectivity index (χ1v) is 10.9. The van der Waals surface area contributed by atoms with Gasteiger partial charge in [0.15, 0.2) is 5.78 Å². The summed E-state index contributed by atoms with van der Waals surface area (Å²) in [7, 11) is 0. The number of benzene rings is 1. The zero-order valence-corrected chi connectivity index (χ0v) is 17.5. The summed E-state index contributed by atoms with van der Waals surface area (Å²) in [6, 6.07) is 5.21. The molecule has 1 heterocycles. The van der Waals surface area contributed by atoms with E-state index in [0.29, 0.717) is 24.2 Å². The highest BCUT2D eigenvalue weighted by atomic mass is 19.4. The number of allylic oxidation sites excluding steroid dienone is 3. The fourth-order valence-electron chi connectivity index (χ4n) is 4.97. The maximum atomic E-state index is 13.9. The van der Waals surface area contributed by atoms with Crippen LogP contribution in [0.25, 0.3) is 0 Å². The molecule has 2 aliphatic carbocycles. The number of Topliss-reactive ketones (excluding diaryl/α,β-unsaturated/α-hetero) is 1. The molecule has 166 valence electrons. The van der Waals surface area contributed by atoms with Crippen molar-refractivity contribution in [2.45, 2.75) is 76.5 Å². The van der Waals surface area contributed by atoms with Crippen LogP contribution in [0.5, 0.6) is 0 Å². The molecular weight excluding hydrogens is 407 g/mol. The van der Waals surface area contributed by atoms with E-state index in [2.05, 4.69) is 5.32 Å². The normalized spacial score (nSPS) is 22.8. The lowest BCUT2D eigenvalue weighted by Gasteiger charge is -2.35. The van der Waals surface area contributed by atoms with Crippen molar-refractivity contribution in [3.63, 3.8) is 0 Å². The van der Waals surface area contributed by atoms with Crippen molar-refractivity contribution in [2.75, 3.05) is 0 Å². The molecule has 1 unspecified atom stereocenters. The minimum absolute atomic E-state index is 0.0748. The molecule has 0 aromatic heterocycles. The van der Waals surface area contributed by atoms with E-state index in [4.69, 9.17) is 4.74 Å². The van der Waals surface area contributed by atoms with Gasteiger partial charge in [-0.25, -0.2) is 4.79 Å². The van der Waals surface area contributed by atoms with Gasteiger partial charge in [-0.1, -0.05) is 24.6 Å². The van der Waals surface area contributed by atoms with Crippen LogP contribution in [0.1, 0.15) is 75.3 Å². The minimum atomic E-state index is -4.60. The molecule has 1 fully saturated rings. The highest BCUT2D eigenvalue weighted by Gasteiger charge is 2.44. The van der Waals surface area contributed by atoms with Crippen molar-refractivity contribution in [1.82, 2.24) is 5.32 Å². The molecule has 4 nitrogen and oxygen atoms in total. The second-order valence-electron chi connectivity index (χ2n) is 8.52. The van der Waals surface area contributed by atoms with Crippen molar-refractivity contribution >= 4 is 11.8 Å². The molecule has 1 saturated carbocycles. The van der Waals surface area contributed by atoms with Gasteiger partial charge in [0.05, 0.1) is 11.1 Å².